The molecule has 31 heavy (non-hydrogen) atoms. The number of nitrogens with zero attached hydrogens (tertiary/aromatic N) is 2. The van der Waals surface area contributed by atoms with Crippen LogP contribution >= 0.6 is 0 Å². The number of anilines is 1. The van der Waals surface area contributed by atoms with Gasteiger partial charge in [-0.3, -0.25) is 14.2 Å². The fraction of sp³-hybridized carbons (Fsp3) is 0.130. The predicted octanol–water partition coefficient (Wildman–Crippen LogP) is 2.93. The van der Waals surface area contributed by atoms with Gasteiger partial charge in [-0.25, -0.2) is 9.78 Å². The van der Waals surface area contributed by atoms with E-state index in [9.17, 15) is 14.4 Å². The van der Waals surface area contributed by atoms with Gasteiger partial charge < -0.3 is 15.2 Å². The highest BCUT2D eigenvalue weighted by Gasteiger charge is 2.21. The van der Waals surface area contributed by atoms with Crippen molar-refractivity contribution in [1.82, 2.24) is 9.55 Å². The molecule has 0 saturated carbocycles. The van der Waals surface area contributed by atoms with Crippen LogP contribution in [0.2, 0.25) is 0 Å². The molecule has 3 aromatic rings. The summed E-state index contributed by atoms with van der Waals surface area (Å²) in [5.41, 5.74) is 2.61. The lowest BCUT2D eigenvalue weighted by Crippen LogP contribution is -2.21. The van der Waals surface area contributed by atoms with Crippen molar-refractivity contribution < 1.29 is 19.4 Å². The fourth-order valence-electron chi connectivity index (χ4n) is 3.50. The number of carboxylic acid groups (broad SMARTS) is 1. The average Bonchev–Trinajstić information content (AvgIpc) is 3.15. The molecule has 1 aliphatic rings. The van der Waals surface area contributed by atoms with E-state index in [1.54, 1.807) is 29.9 Å². The van der Waals surface area contributed by atoms with Gasteiger partial charge in [-0.05, 0) is 54.0 Å². The van der Waals surface area contributed by atoms with E-state index in [0.29, 0.717) is 35.4 Å². The van der Waals surface area contributed by atoms with E-state index in [2.05, 4.69) is 10.3 Å². The van der Waals surface area contributed by atoms with Crippen LogP contribution in [0.3, 0.4) is 0 Å². The van der Waals surface area contributed by atoms with E-state index in [4.69, 9.17) is 9.84 Å². The van der Waals surface area contributed by atoms with E-state index < -0.39 is 11.9 Å². The Hall–Kier alpha value is -4.20. The Bertz CT molecular complexity index is 1320. The first-order valence-corrected chi connectivity index (χ1v) is 9.56. The zero-order valence-electron chi connectivity index (χ0n) is 16.7. The van der Waals surface area contributed by atoms with Crippen molar-refractivity contribution in [2.24, 2.45) is 0 Å². The number of carbonyl (C=O) groups excluding carboxylic acids is 1. The minimum atomic E-state index is -1.21. The van der Waals surface area contributed by atoms with Crippen LogP contribution in [0.25, 0.3) is 22.6 Å². The second-order valence-electron chi connectivity index (χ2n) is 6.98. The summed E-state index contributed by atoms with van der Waals surface area (Å²) in [4.78, 5) is 40.0. The SMILES string of the molecule is COc1cccc(C=C2CCn3c2nc2cc(NC(=O)/C=C\C(=O)O)ccc2c3=O)c1. The first-order valence-electron chi connectivity index (χ1n) is 9.56. The number of nitrogens with one attached hydrogen (secondary N) is 1. The number of aromatic nitrogens is 2. The second kappa shape index (κ2) is 8.27. The standard InChI is InChI=1S/C23H19N3O5/c1-31-17-4-2-3-14(12-17)11-15-9-10-26-22(15)25-19-13-16(5-6-18(19)23(26)30)24-20(27)7-8-21(28)29/h2-8,11-13H,9-10H2,1H3,(H,24,27)(H,28,29)/b8-7-,15-11?. The van der Waals surface area contributed by atoms with Gasteiger partial charge >= 0.3 is 5.97 Å². The van der Waals surface area contributed by atoms with Gasteiger partial charge in [-0.2, -0.15) is 0 Å². The number of methoxy groups -OCH3 is 1. The molecule has 0 radical (unpaired) electrons. The molecule has 0 aliphatic carbocycles. The van der Waals surface area contributed by atoms with E-state index in [1.165, 1.54) is 0 Å². The molecule has 0 spiro atoms. The van der Waals surface area contributed by atoms with Crippen LogP contribution in [0.1, 0.15) is 17.8 Å². The van der Waals surface area contributed by atoms with Crippen LogP contribution in [0.5, 0.6) is 5.75 Å². The monoisotopic (exact) mass is 417 g/mol. The Morgan fingerprint density at radius 3 is 2.81 bits per heavy atom. The summed E-state index contributed by atoms with van der Waals surface area (Å²) in [6.45, 7) is 0.547. The molecule has 0 saturated heterocycles. The molecule has 1 amide bonds. The highest BCUT2D eigenvalue weighted by atomic mass is 16.5. The van der Waals surface area contributed by atoms with Gasteiger partial charge in [-0.15, -0.1) is 0 Å². The third-order valence-electron chi connectivity index (χ3n) is 4.93. The minimum absolute atomic E-state index is 0.141. The number of rotatable bonds is 5. The van der Waals surface area contributed by atoms with Crippen LogP contribution in [-0.2, 0) is 16.1 Å². The van der Waals surface area contributed by atoms with Crippen molar-refractivity contribution in [1.29, 1.82) is 0 Å². The lowest BCUT2D eigenvalue weighted by Gasteiger charge is -2.08. The summed E-state index contributed by atoms with van der Waals surface area (Å²) in [7, 11) is 1.61. The Morgan fingerprint density at radius 1 is 1.19 bits per heavy atom. The van der Waals surface area contributed by atoms with Crippen molar-refractivity contribution in [3.8, 4) is 5.75 Å². The fourth-order valence-corrected chi connectivity index (χ4v) is 3.50. The third-order valence-corrected chi connectivity index (χ3v) is 4.93. The molecule has 156 valence electrons. The summed E-state index contributed by atoms with van der Waals surface area (Å²) in [5.74, 6) is -0.462. The molecule has 0 fully saturated rings. The smallest absolute Gasteiger partial charge is 0.328 e. The van der Waals surface area contributed by atoms with Gasteiger partial charge in [0.25, 0.3) is 5.56 Å². The quantitative estimate of drug-likeness (QED) is 0.618. The second-order valence-corrected chi connectivity index (χ2v) is 6.98. The Labute approximate surface area is 177 Å². The van der Waals surface area contributed by atoms with Gasteiger partial charge in [-0.1, -0.05) is 12.1 Å². The van der Waals surface area contributed by atoms with Crippen molar-refractivity contribution in [2.45, 2.75) is 13.0 Å². The van der Waals surface area contributed by atoms with Gasteiger partial charge in [0.1, 0.15) is 11.6 Å². The molecule has 2 aromatic carbocycles. The lowest BCUT2D eigenvalue weighted by atomic mass is 10.1. The highest BCUT2D eigenvalue weighted by molar-refractivity contribution is 6.03. The van der Waals surface area contributed by atoms with E-state index in [1.807, 2.05) is 30.3 Å². The molecule has 1 aliphatic heterocycles. The maximum Gasteiger partial charge on any atom is 0.328 e. The Morgan fingerprint density at radius 2 is 2.03 bits per heavy atom. The molecular formula is C23H19N3O5. The lowest BCUT2D eigenvalue weighted by molar-refractivity contribution is -0.131. The van der Waals surface area contributed by atoms with Crippen molar-refractivity contribution >= 4 is 40.1 Å². The Balaban J connectivity index is 1.71. The number of fused-ring (bicyclic) bond motifs is 2. The average molecular weight is 417 g/mol. The van der Waals surface area contributed by atoms with Crippen molar-refractivity contribution in [3.05, 3.63) is 76.4 Å². The number of aliphatic carboxylic acids is 1. The van der Waals surface area contributed by atoms with Crippen LogP contribution in [-0.4, -0.2) is 33.6 Å². The summed E-state index contributed by atoms with van der Waals surface area (Å²) in [6.07, 6.45) is 4.34. The van der Waals surface area contributed by atoms with E-state index in [0.717, 1.165) is 29.0 Å². The molecule has 2 heterocycles. The molecular weight excluding hydrogens is 398 g/mol. The first-order chi connectivity index (χ1) is 14.9. The zero-order chi connectivity index (χ0) is 22.0. The number of amides is 1. The zero-order valence-corrected chi connectivity index (χ0v) is 16.7. The summed E-state index contributed by atoms with van der Waals surface area (Å²) in [5, 5.41) is 11.6. The Kier molecular flexibility index (Phi) is 5.36. The van der Waals surface area contributed by atoms with E-state index >= 15 is 0 Å². The van der Waals surface area contributed by atoms with Crippen molar-refractivity contribution in [3.63, 3.8) is 0 Å². The van der Waals surface area contributed by atoms with Crippen LogP contribution in [0, 0.1) is 0 Å². The molecule has 0 unspecified atom stereocenters. The van der Waals surface area contributed by atoms with Gasteiger partial charge in [0.15, 0.2) is 0 Å². The summed E-state index contributed by atoms with van der Waals surface area (Å²) < 4.78 is 6.92. The van der Waals surface area contributed by atoms with Gasteiger partial charge in [0.2, 0.25) is 5.91 Å². The van der Waals surface area contributed by atoms with Gasteiger partial charge in [0, 0.05) is 24.4 Å². The minimum Gasteiger partial charge on any atom is -0.497 e. The maximum atomic E-state index is 12.9. The van der Waals surface area contributed by atoms with E-state index in [-0.39, 0.29) is 5.56 Å². The molecule has 0 bridgehead atoms. The molecule has 8 nitrogen and oxygen atoms in total. The maximum absolute atomic E-state index is 12.9. The first kappa shape index (κ1) is 20.1. The number of hydrogen-bond donors (Lipinski definition) is 2. The number of carbonyl (C=O) groups is 2. The summed E-state index contributed by atoms with van der Waals surface area (Å²) >= 11 is 0. The highest BCUT2D eigenvalue weighted by Crippen LogP contribution is 2.29. The third kappa shape index (κ3) is 4.23. The van der Waals surface area contributed by atoms with Crippen LogP contribution in [0.4, 0.5) is 5.69 Å². The number of hydrogen-bond acceptors (Lipinski definition) is 5. The number of benzene rings is 2. The van der Waals surface area contributed by atoms with Crippen molar-refractivity contribution in [2.75, 3.05) is 12.4 Å². The normalized spacial score (nSPS) is 14.2. The molecule has 4 rings (SSSR count). The molecule has 2 N–H and O–H groups in total. The predicted molar refractivity (Wildman–Crippen MR) is 117 cm³/mol. The van der Waals surface area contributed by atoms with Crippen LogP contribution < -0.4 is 15.6 Å². The van der Waals surface area contributed by atoms with Crippen LogP contribution in [0.15, 0.2) is 59.4 Å². The molecule has 0 atom stereocenters. The largest absolute Gasteiger partial charge is 0.497 e. The number of carboxylic acids is 1. The molecule has 1 aromatic heterocycles. The van der Waals surface area contributed by atoms with Gasteiger partial charge in [0.05, 0.1) is 18.0 Å². The summed E-state index contributed by atoms with van der Waals surface area (Å²) in [6, 6.07) is 12.4. The number of ether oxygens (including phenoxy) is 1. The topological polar surface area (TPSA) is 111 Å². The number of allylic oxidation sites excluding steroid dienone is 1. The molecule has 8 heteroatoms.